The van der Waals surface area contributed by atoms with Crippen molar-refractivity contribution in [3.8, 4) is 11.5 Å². The van der Waals surface area contributed by atoms with Gasteiger partial charge in [-0.05, 0) is 48.6 Å². The summed E-state index contributed by atoms with van der Waals surface area (Å²) in [7, 11) is 0. The first-order valence-electron chi connectivity index (χ1n) is 10.0. The van der Waals surface area contributed by atoms with Crippen LogP contribution in [0, 0.1) is 5.92 Å². The van der Waals surface area contributed by atoms with E-state index in [1.807, 2.05) is 18.2 Å². The number of carbonyl (C=O) groups is 1. The number of aromatic amines is 1. The molecule has 1 fully saturated rings. The van der Waals surface area contributed by atoms with Gasteiger partial charge in [-0.15, -0.1) is 0 Å². The Hall–Kier alpha value is -3.22. The molecule has 29 heavy (non-hydrogen) atoms. The van der Waals surface area contributed by atoms with Gasteiger partial charge in [-0.1, -0.05) is 18.9 Å². The maximum Gasteiger partial charge on any atom is 0.417 e. The maximum atomic E-state index is 13.3. The molecule has 3 aromatic rings. The Bertz CT molecular complexity index is 1110. The summed E-state index contributed by atoms with van der Waals surface area (Å²) in [5.41, 5.74) is 2.57. The van der Waals surface area contributed by atoms with E-state index in [-0.39, 0.29) is 17.7 Å². The van der Waals surface area contributed by atoms with Gasteiger partial charge in [0, 0.05) is 11.8 Å². The standard InChI is InChI=1S/C22H22N2O5/c25-21(23-15-6-7-16-18(12-15)29-22(26)24-16)20(13-3-1-2-4-13)14-5-8-17-19(11-14)28-10-9-27-17/h5-8,11-13,20H,1-4,9-10H2,(H,23,25)(H,24,26). The average Bonchev–Trinajstić information content (AvgIpc) is 3.37. The zero-order chi connectivity index (χ0) is 19.8. The van der Waals surface area contributed by atoms with Gasteiger partial charge in [0.25, 0.3) is 0 Å². The van der Waals surface area contributed by atoms with Crippen LogP contribution in [0.15, 0.2) is 45.6 Å². The largest absolute Gasteiger partial charge is 0.486 e. The second kappa shape index (κ2) is 7.31. The third kappa shape index (κ3) is 3.48. The van der Waals surface area contributed by atoms with Crippen molar-refractivity contribution in [1.82, 2.24) is 4.98 Å². The van der Waals surface area contributed by atoms with Crippen molar-refractivity contribution in [1.29, 1.82) is 0 Å². The fourth-order valence-corrected chi connectivity index (χ4v) is 4.42. The molecule has 0 spiro atoms. The van der Waals surface area contributed by atoms with E-state index in [0.717, 1.165) is 37.0 Å². The topological polar surface area (TPSA) is 93.6 Å². The van der Waals surface area contributed by atoms with Gasteiger partial charge >= 0.3 is 5.76 Å². The molecule has 0 saturated heterocycles. The van der Waals surface area contributed by atoms with Crippen molar-refractivity contribution in [2.24, 2.45) is 5.92 Å². The molecule has 7 heteroatoms. The van der Waals surface area contributed by atoms with Gasteiger partial charge in [-0.25, -0.2) is 4.79 Å². The minimum atomic E-state index is -0.511. The monoisotopic (exact) mass is 394 g/mol. The number of ether oxygens (including phenoxy) is 2. The van der Waals surface area contributed by atoms with Crippen molar-refractivity contribution in [3.05, 3.63) is 52.5 Å². The summed E-state index contributed by atoms with van der Waals surface area (Å²) in [6.45, 7) is 1.05. The fourth-order valence-electron chi connectivity index (χ4n) is 4.42. The van der Waals surface area contributed by atoms with Crippen molar-refractivity contribution in [3.63, 3.8) is 0 Å². The number of carbonyl (C=O) groups excluding carboxylic acids is 1. The Morgan fingerprint density at radius 3 is 2.66 bits per heavy atom. The number of rotatable bonds is 4. The number of nitrogens with one attached hydrogen (secondary N) is 2. The molecule has 1 aliphatic heterocycles. The van der Waals surface area contributed by atoms with Gasteiger partial charge in [0.1, 0.15) is 13.2 Å². The summed E-state index contributed by atoms with van der Waals surface area (Å²) in [5, 5.41) is 3.01. The van der Waals surface area contributed by atoms with Crippen LogP contribution in [-0.4, -0.2) is 24.1 Å². The lowest BCUT2D eigenvalue weighted by molar-refractivity contribution is -0.118. The van der Waals surface area contributed by atoms with Crippen LogP contribution < -0.4 is 20.5 Å². The number of H-pyrrole nitrogens is 1. The van der Waals surface area contributed by atoms with Crippen molar-refractivity contribution in [2.75, 3.05) is 18.5 Å². The lowest BCUT2D eigenvalue weighted by atomic mass is 9.84. The molecule has 1 aliphatic carbocycles. The Morgan fingerprint density at radius 2 is 1.83 bits per heavy atom. The first-order chi connectivity index (χ1) is 14.2. The van der Waals surface area contributed by atoms with E-state index in [4.69, 9.17) is 13.9 Å². The maximum absolute atomic E-state index is 13.3. The first-order valence-corrected chi connectivity index (χ1v) is 10.0. The normalized spacial score (nSPS) is 17.4. The molecule has 1 amide bonds. The second-order valence-electron chi connectivity index (χ2n) is 7.64. The van der Waals surface area contributed by atoms with Gasteiger partial charge in [0.2, 0.25) is 5.91 Å². The summed E-state index contributed by atoms with van der Waals surface area (Å²) in [6, 6.07) is 10.9. The second-order valence-corrected chi connectivity index (χ2v) is 7.64. The number of fused-ring (bicyclic) bond motifs is 2. The molecule has 2 aliphatic rings. The van der Waals surface area contributed by atoms with Crippen LogP contribution in [0.25, 0.3) is 11.1 Å². The van der Waals surface area contributed by atoms with E-state index in [1.165, 1.54) is 0 Å². The number of amides is 1. The summed E-state index contributed by atoms with van der Waals surface area (Å²) in [6.07, 6.45) is 4.33. The number of oxazole rings is 1. The van der Waals surface area contributed by atoms with E-state index < -0.39 is 5.76 Å². The van der Waals surface area contributed by atoms with Crippen LogP contribution in [0.1, 0.15) is 37.2 Å². The summed E-state index contributed by atoms with van der Waals surface area (Å²) in [4.78, 5) is 27.3. The highest BCUT2D eigenvalue weighted by Crippen LogP contribution is 2.41. The minimum absolute atomic E-state index is 0.0641. The van der Waals surface area contributed by atoms with Gasteiger partial charge in [0.15, 0.2) is 17.1 Å². The van der Waals surface area contributed by atoms with Crippen LogP contribution in [0.3, 0.4) is 0 Å². The zero-order valence-electron chi connectivity index (χ0n) is 15.9. The molecule has 150 valence electrons. The third-order valence-electron chi connectivity index (χ3n) is 5.77. The lowest BCUT2D eigenvalue weighted by Crippen LogP contribution is -2.27. The Labute approximate surface area is 167 Å². The number of hydrogen-bond acceptors (Lipinski definition) is 5. The Balaban J connectivity index is 1.45. The molecule has 0 bridgehead atoms. The molecule has 1 saturated carbocycles. The quantitative estimate of drug-likeness (QED) is 0.702. The van der Waals surface area contributed by atoms with Crippen LogP contribution in [0.4, 0.5) is 5.69 Å². The highest BCUT2D eigenvalue weighted by molar-refractivity contribution is 5.97. The highest BCUT2D eigenvalue weighted by Gasteiger charge is 2.33. The molecule has 1 atom stereocenters. The molecular formula is C22H22N2O5. The Kier molecular flexibility index (Phi) is 4.50. The number of hydrogen-bond donors (Lipinski definition) is 2. The number of anilines is 1. The van der Waals surface area contributed by atoms with Gasteiger partial charge < -0.3 is 19.2 Å². The molecule has 7 nitrogen and oxygen atoms in total. The SMILES string of the molecule is O=C(Nc1ccc2[nH]c(=O)oc2c1)C(c1ccc2c(c1)OCCO2)C1CCCC1. The predicted octanol–water partition coefficient (Wildman–Crippen LogP) is 3.80. The van der Waals surface area contributed by atoms with Gasteiger partial charge in [0.05, 0.1) is 11.4 Å². The van der Waals surface area contributed by atoms with Crippen molar-refractivity contribution in [2.45, 2.75) is 31.6 Å². The first kappa shape index (κ1) is 17.8. The minimum Gasteiger partial charge on any atom is -0.486 e. The zero-order valence-corrected chi connectivity index (χ0v) is 15.9. The number of aromatic nitrogens is 1. The fraction of sp³-hybridized carbons (Fsp3) is 0.364. The summed E-state index contributed by atoms with van der Waals surface area (Å²) >= 11 is 0. The molecule has 1 aromatic heterocycles. The summed E-state index contributed by atoms with van der Waals surface area (Å²) in [5.74, 6) is 0.849. The lowest BCUT2D eigenvalue weighted by Gasteiger charge is -2.25. The smallest absolute Gasteiger partial charge is 0.417 e. The molecule has 2 heterocycles. The van der Waals surface area contributed by atoms with E-state index in [0.29, 0.717) is 35.8 Å². The molecular weight excluding hydrogens is 372 g/mol. The van der Waals surface area contributed by atoms with Crippen LogP contribution in [-0.2, 0) is 4.79 Å². The van der Waals surface area contributed by atoms with Crippen LogP contribution >= 0.6 is 0 Å². The highest BCUT2D eigenvalue weighted by atomic mass is 16.6. The Morgan fingerprint density at radius 1 is 1.03 bits per heavy atom. The predicted molar refractivity (Wildman–Crippen MR) is 108 cm³/mol. The molecule has 5 rings (SSSR count). The molecule has 2 aromatic carbocycles. The van der Waals surface area contributed by atoms with Crippen LogP contribution in [0.2, 0.25) is 0 Å². The number of benzene rings is 2. The summed E-state index contributed by atoms with van der Waals surface area (Å²) < 4.78 is 16.4. The van der Waals surface area contributed by atoms with E-state index in [2.05, 4.69) is 10.3 Å². The van der Waals surface area contributed by atoms with Crippen LogP contribution in [0.5, 0.6) is 11.5 Å². The van der Waals surface area contributed by atoms with Crippen molar-refractivity contribution < 1.29 is 18.7 Å². The molecule has 0 radical (unpaired) electrons. The average molecular weight is 394 g/mol. The van der Waals surface area contributed by atoms with Gasteiger partial charge in [-0.2, -0.15) is 0 Å². The molecule has 1 unspecified atom stereocenters. The van der Waals surface area contributed by atoms with E-state index in [1.54, 1.807) is 18.2 Å². The van der Waals surface area contributed by atoms with E-state index >= 15 is 0 Å². The molecule has 2 N–H and O–H groups in total. The van der Waals surface area contributed by atoms with E-state index in [9.17, 15) is 9.59 Å². The van der Waals surface area contributed by atoms with Crippen molar-refractivity contribution >= 4 is 22.7 Å². The van der Waals surface area contributed by atoms with Gasteiger partial charge in [-0.3, -0.25) is 9.78 Å². The third-order valence-corrected chi connectivity index (χ3v) is 5.77.